The Kier molecular flexibility index (Phi) is 3.71. The Morgan fingerprint density at radius 2 is 2.10 bits per heavy atom. The van der Waals surface area contributed by atoms with Gasteiger partial charge in [-0.25, -0.2) is 4.39 Å². The molecule has 0 amide bonds. The van der Waals surface area contributed by atoms with Gasteiger partial charge in [-0.2, -0.15) is 4.98 Å². The van der Waals surface area contributed by atoms with E-state index in [1.54, 1.807) is 6.07 Å². The fraction of sp³-hybridized carbons (Fsp3) is 0.385. The number of nitrogens with zero attached hydrogens (tertiary/aromatic N) is 3. The Bertz CT molecular complexity index is 607. The summed E-state index contributed by atoms with van der Waals surface area (Å²) in [7, 11) is 0. The van der Waals surface area contributed by atoms with Crippen LogP contribution in [0, 0.1) is 5.82 Å². The van der Waals surface area contributed by atoms with Crippen molar-refractivity contribution in [2.24, 2.45) is 5.73 Å². The monoisotopic (exact) mass is 339 g/mol. The Morgan fingerprint density at radius 1 is 1.35 bits per heavy atom. The molecule has 1 aromatic heterocycles. The first-order valence-corrected chi connectivity index (χ1v) is 7.31. The number of nitrogens with one attached hydrogen (secondary N) is 1. The summed E-state index contributed by atoms with van der Waals surface area (Å²) in [5, 5.41) is 7.14. The number of hydrogen-bond acceptors (Lipinski definition) is 4. The number of halogens is 2. The van der Waals surface area contributed by atoms with Crippen molar-refractivity contribution in [2.75, 3.05) is 18.0 Å². The lowest BCUT2D eigenvalue weighted by atomic mass is 10.1. The van der Waals surface area contributed by atoms with E-state index in [9.17, 15) is 4.39 Å². The number of hydrogen-bond donors (Lipinski definition) is 2. The summed E-state index contributed by atoms with van der Waals surface area (Å²) in [5.74, 6) is 1.01. The van der Waals surface area contributed by atoms with E-state index in [1.165, 1.54) is 12.1 Å². The maximum absolute atomic E-state index is 13.1. The third kappa shape index (κ3) is 2.69. The number of piperidine rings is 1. The van der Waals surface area contributed by atoms with Crippen LogP contribution in [0.5, 0.6) is 0 Å². The molecule has 1 fully saturated rings. The lowest BCUT2D eigenvalue weighted by Gasteiger charge is -2.28. The topological polar surface area (TPSA) is 70.8 Å². The van der Waals surface area contributed by atoms with Crippen LogP contribution in [0.1, 0.15) is 12.8 Å². The summed E-state index contributed by atoms with van der Waals surface area (Å²) in [6.07, 6.45) is 1.90. The molecule has 2 aromatic rings. The lowest BCUT2D eigenvalue weighted by molar-refractivity contribution is 0.496. The van der Waals surface area contributed by atoms with Gasteiger partial charge in [-0.15, -0.1) is 5.10 Å². The van der Waals surface area contributed by atoms with E-state index in [-0.39, 0.29) is 11.9 Å². The summed E-state index contributed by atoms with van der Waals surface area (Å²) in [4.78, 5) is 6.60. The van der Waals surface area contributed by atoms with Gasteiger partial charge < -0.3 is 10.6 Å². The standard InChI is InChI=1S/C13H15BrFN5/c14-11-7-8(15)1-2-10(11)12-17-13(19-18-12)20-5-3-9(16)4-6-20/h1-2,7,9H,3-6,16H2,(H,17,18,19). The quantitative estimate of drug-likeness (QED) is 0.880. The SMILES string of the molecule is NC1CCN(c2n[nH]c(-c3ccc(F)cc3Br)n2)CC1. The van der Waals surface area contributed by atoms with Gasteiger partial charge in [-0.1, -0.05) is 0 Å². The first-order chi connectivity index (χ1) is 9.63. The molecule has 20 heavy (non-hydrogen) atoms. The molecule has 0 bridgehead atoms. The van der Waals surface area contributed by atoms with Crippen LogP contribution in [0.2, 0.25) is 0 Å². The fourth-order valence-corrected chi connectivity index (χ4v) is 2.83. The van der Waals surface area contributed by atoms with Crippen LogP contribution >= 0.6 is 15.9 Å². The van der Waals surface area contributed by atoms with Crippen molar-refractivity contribution in [3.8, 4) is 11.4 Å². The second-order valence-corrected chi connectivity index (χ2v) is 5.79. The second kappa shape index (κ2) is 5.49. The Hall–Kier alpha value is -1.47. The zero-order valence-corrected chi connectivity index (χ0v) is 12.4. The number of H-pyrrole nitrogens is 1. The maximum Gasteiger partial charge on any atom is 0.245 e. The summed E-state index contributed by atoms with van der Waals surface area (Å²) in [6, 6.07) is 4.77. The van der Waals surface area contributed by atoms with Crippen LogP contribution in [0.4, 0.5) is 10.3 Å². The van der Waals surface area contributed by atoms with Crippen LogP contribution in [0.3, 0.4) is 0 Å². The predicted octanol–water partition coefficient (Wildman–Crippen LogP) is 2.30. The van der Waals surface area contributed by atoms with E-state index in [4.69, 9.17) is 5.73 Å². The lowest BCUT2D eigenvalue weighted by Crippen LogP contribution is -2.40. The number of aromatic amines is 1. The maximum atomic E-state index is 13.1. The summed E-state index contributed by atoms with van der Waals surface area (Å²) in [6.45, 7) is 1.73. The number of nitrogens with two attached hydrogens (primary N) is 1. The molecule has 0 saturated carbocycles. The van der Waals surface area contributed by atoms with Gasteiger partial charge in [0.2, 0.25) is 5.95 Å². The number of rotatable bonds is 2. The van der Waals surface area contributed by atoms with Gasteiger partial charge in [0.25, 0.3) is 0 Å². The van der Waals surface area contributed by atoms with Gasteiger partial charge in [0.05, 0.1) is 0 Å². The van der Waals surface area contributed by atoms with Crippen LogP contribution in [0.15, 0.2) is 22.7 Å². The summed E-state index contributed by atoms with van der Waals surface area (Å²) < 4.78 is 13.8. The van der Waals surface area contributed by atoms with E-state index in [0.717, 1.165) is 31.5 Å². The van der Waals surface area contributed by atoms with Gasteiger partial charge in [-0.3, -0.25) is 5.10 Å². The average Bonchev–Trinajstić information content (AvgIpc) is 2.89. The number of aromatic nitrogens is 3. The highest BCUT2D eigenvalue weighted by molar-refractivity contribution is 9.10. The minimum Gasteiger partial charge on any atom is -0.339 e. The van der Waals surface area contributed by atoms with Gasteiger partial charge in [-0.05, 0) is 47.0 Å². The van der Waals surface area contributed by atoms with E-state index < -0.39 is 0 Å². The number of benzene rings is 1. The molecule has 0 unspecified atom stereocenters. The van der Waals surface area contributed by atoms with Crippen LogP contribution in [-0.4, -0.2) is 34.3 Å². The van der Waals surface area contributed by atoms with Crippen molar-refractivity contribution >= 4 is 21.9 Å². The largest absolute Gasteiger partial charge is 0.339 e. The fourth-order valence-electron chi connectivity index (χ4n) is 2.30. The molecule has 0 atom stereocenters. The van der Waals surface area contributed by atoms with Crippen LogP contribution in [-0.2, 0) is 0 Å². The molecule has 106 valence electrons. The minimum absolute atomic E-state index is 0.274. The van der Waals surface area contributed by atoms with Crippen molar-refractivity contribution in [1.29, 1.82) is 0 Å². The van der Waals surface area contributed by atoms with Gasteiger partial charge in [0.15, 0.2) is 5.82 Å². The molecule has 1 aliphatic heterocycles. The van der Waals surface area contributed by atoms with E-state index in [0.29, 0.717) is 16.2 Å². The first-order valence-electron chi connectivity index (χ1n) is 6.52. The molecule has 3 N–H and O–H groups in total. The van der Waals surface area contributed by atoms with Crippen LogP contribution < -0.4 is 10.6 Å². The molecule has 1 saturated heterocycles. The highest BCUT2D eigenvalue weighted by atomic mass is 79.9. The molecule has 7 heteroatoms. The Balaban J connectivity index is 1.83. The van der Waals surface area contributed by atoms with Gasteiger partial charge in [0, 0.05) is 29.2 Å². The van der Waals surface area contributed by atoms with E-state index >= 15 is 0 Å². The van der Waals surface area contributed by atoms with Crippen molar-refractivity contribution in [2.45, 2.75) is 18.9 Å². The normalized spacial score (nSPS) is 16.6. The molecule has 5 nitrogen and oxygen atoms in total. The van der Waals surface area contributed by atoms with Crippen molar-refractivity contribution in [1.82, 2.24) is 15.2 Å². The van der Waals surface area contributed by atoms with E-state index in [1.807, 2.05) is 0 Å². The molecule has 1 aromatic carbocycles. The second-order valence-electron chi connectivity index (χ2n) is 4.93. The zero-order valence-electron chi connectivity index (χ0n) is 10.8. The number of anilines is 1. The highest BCUT2D eigenvalue weighted by Gasteiger charge is 2.20. The van der Waals surface area contributed by atoms with Crippen molar-refractivity contribution in [3.05, 3.63) is 28.5 Å². The third-order valence-electron chi connectivity index (χ3n) is 3.48. The van der Waals surface area contributed by atoms with Crippen molar-refractivity contribution < 1.29 is 4.39 Å². The molecular weight excluding hydrogens is 325 g/mol. The first kappa shape index (κ1) is 13.5. The highest BCUT2D eigenvalue weighted by Crippen LogP contribution is 2.27. The molecule has 3 rings (SSSR count). The van der Waals surface area contributed by atoms with E-state index in [2.05, 4.69) is 36.0 Å². The average molecular weight is 340 g/mol. The molecule has 0 radical (unpaired) electrons. The van der Waals surface area contributed by atoms with Gasteiger partial charge in [0.1, 0.15) is 5.82 Å². The summed E-state index contributed by atoms with van der Waals surface area (Å²) >= 11 is 3.34. The zero-order chi connectivity index (χ0) is 14.1. The summed E-state index contributed by atoms with van der Waals surface area (Å²) in [5.41, 5.74) is 6.68. The molecule has 0 aliphatic carbocycles. The molecule has 0 spiro atoms. The minimum atomic E-state index is -0.287. The predicted molar refractivity (Wildman–Crippen MR) is 78.9 cm³/mol. The smallest absolute Gasteiger partial charge is 0.245 e. The molecule has 1 aliphatic rings. The Morgan fingerprint density at radius 3 is 2.80 bits per heavy atom. The molecule has 2 heterocycles. The van der Waals surface area contributed by atoms with Gasteiger partial charge >= 0.3 is 0 Å². The Labute approximate surface area is 124 Å². The van der Waals surface area contributed by atoms with Crippen LogP contribution in [0.25, 0.3) is 11.4 Å². The third-order valence-corrected chi connectivity index (χ3v) is 4.14. The molecular formula is C13H15BrFN5. The van der Waals surface area contributed by atoms with Crippen molar-refractivity contribution in [3.63, 3.8) is 0 Å².